The van der Waals surface area contributed by atoms with Crippen LogP contribution in [0.1, 0.15) is 46.7 Å². The molecule has 0 unspecified atom stereocenters. The fourth-order valence-corrected chi connectivity index (χ4v) is 4.48. The maximum Gasteiger partial charge on any atom is 0.407 e. The third kappa shape index (κ3) is 10.3. The second kappa shape index (κ2) is 16.2. The Bertz CT molecular complexity index is 1350. The van der Waals surface area contributed by atoms with Gasteiger partial charge in [0.15, 0.2) is 0 Å². The molecule has 0 aliphatic carbocycles. The molecule has 1 amide bonds. The Balaban J connectivity index is 1.70. The van der Waals surface area contributed by atoms with Crippen molar-refractivity contribution in [1.29, 1.82) is 0 Å². The lowest BCUT2D eigenvalue weighted by Gasteiger charge is -2.33. The fourth-order valence-electron chi connectivity index (χ4n) is 4.48. The van der Waals surface area contributed by atoms with Crippen molar-refractivity contribution >= 4 is 24.3 Å². The third-order valence-corrected chi connectivity index (χ3v) is 6.90. The van der Waals surface area contributed by atoms with Crippen LogP contribution in [0.3, 0.4) is 0 Å². The monoisotopic (exact) mass is 552 g/mol. The zero-order valence-electron chi connectivity index (χ0n) is 23.0. The summed E-state index contributed by atoms with van der Waals surface area (Å²) in [5.74, 6) is 0. The van der Waals surface area contributed by atoms with Gasteiger partial charge in [0.05, 0.1) is 26.2 Å². The fraction of sp³-hybridized carbons (Fsp3) is 0.312. The number of carbonyl (C=O) groups excluding carboxylic acids is 4. The van der Waals surface area contributed by atoms with E-state index >= 15 is 0 Å². The maximum absolute atomic E-state index is 12.7. The summed E-state index contributed by atoms with van der Waals surface area (Å²) in [6, 6.07) is 23.2. The summed E-state index contributed by atoms with van der Waals surface area (Å²) in [5, 5.41) is 2.81. The van der Waals surface area contributed by atoms with Crippen molar-refractivity contribution in [2.24, 2.45) is 20.4 Å². The highest BCUT2D eigenvalue weighted by Gasteiger charge is 2.31. The Hall–Kier alpha value is -4.93. The Morgan fingerprint density at radius 1 is 0.659 bits per heavy atom. The molecule has 0 spiro atoms. The van der Waals surface area contributed by atoms with E-state index in [2.05, 4.69) is 27.2 Å². The van der Waals surface area contributed by atoms with E-state index in [1.165, 1.54) is 6.08 Å². The quantitative estimate of drug-likeness (QED) is 0.202. The number of amides is 1. The number of rotatable bonds is 15. The van der Waals surface area contributed by atoms with E-state index in [1.807, 2.05) is 72.8 Å². The summed E-state index contributed by atoms with van der Waals surface area (Å²) in [7, 11) is 0. The van der Waals surface area contributed by atoms with Gasteiger partial charge in [0.2, 0.25) is 18.2 Å². The predicted octanol–water partition coefficient (Wildman–Crippen LogP) is 5.30. The molecule has 3 aromatic carbocycles. The number of nitrogens with one attached hydrogen (secondary N) is 1. The molecule has 0 radical (unpaired) electrons. The van der Waals surface area contributed by atoms with Gasteiger partial charge in [0.1, 0.15) is 0 Å². The van der Waals surface area contributed by atoms with Crippen molar-refractivity contribution in [2.45, 2.75) is 52.4 Å². The standard InChI is InChI=1S/C32H32N4O5/c1-2-32(15-25-3-7-27(8-4-25)17-33-22-37,16-26-5-9-28(10-6-26)18-34-23-38)21-41-31(40)36-20-30-13-11-29(12-14-30)19-35-24-39/h3-14H,2,15-21H2,1H3,(H,36,40). The highest BCUT2D eigenvalue weighted by atomic mass is 16.5. The van der Waals surface area contributed by atoms with Gasteiger partial charge in [-0.15, -0.1) is 0 Å². The molecule has 0 saturated heterocycles. The number of carbonyl (C=O) groups is 1. The molecule has 0 fully saturated rings. The number of ether oxygens (including phenoxy) is 1. The van der Waals surface area contributed by atoms with Gasteiger partial charge in [-0.05, 0) is 52.6 Å². The van der Waals surface area contributed by atoms with Gasteiger partial charge in [-0.25, -0.2) is 34.2 Å². The highest BCUT2D eigenvalue weighted by Crippen LogP contribution is 2.33. The molecule has 1 N–H and O–H groups in total. The van der Waals surface area contributed by atoms with Crippen LogP contribution in [0.5, 0.6) is 0 Å². The molecular weight excluding hydrogens is 520 g/mol. The van der Waals surface area contributed by atoms with Crippen LogP contribution in [0.15, 0.2) is 87.8 Å². The van der Waals surface area contributed by atoms with Crippen LogP contribution in [0.2, 0.25) is 0 Å². The van der Waals surface area contributed by atoms with E-state index in [4.69, 9.17) is 4.74 Å². The summed E-state index contributed by atoms with van der Waals surface area (Å²) in [5.41, 5.74) is 5.35. The molecule has 210 valence electrons. The first-order valence-electron chi connectivity index (χ1n) is 13.2. The van der Waals surface area contributed by atoms with Gasteiger partial charge in [-0.3, -0.25) is 0 Å². The van der Waals surface area contributed by atoms with Crippen molar-refractivity contribution in [3.05, 3.63) is 106 Å². The smallest absolute Gasteiger partial charge is 0.407 e. The zero-order chi connectivity index (χ0) is 29.3. The van der Waals surface area contributed by atoms with Gasteiger partial charge < -0.3 is 10.1 Å². The molecule has 41 heavy (non-hydrogen) atoms. The number of nitrogens with zero attached hydrogens (tertiary/aromatic N) is 3. The number of benzene rings is 3. The van der Waals surface area contributed by atoms with Crippen LogP contribution in [0.4, 0.5) is 4.79 Å². The Morgan fingerprint density at radius 2 is 1.02 bits per heavy atom. The third-order valence-electron chi connectivity index (χ3n) is 6.90. The van der Waals surface area contributed by atoms with E-state index in [0.717, 1.165) is 39.8 Å². The summed E-state index contributed by atoms with van der Waals surface area (Å²) < 4.78 is 5.77. The summed E-state index contributed by atoms with van der Waals surface area (Å²) in [4.78, 5) is 54.7. The molecule has 0 bridgehead atoms. The minimum atomic E-state index is -0.512. The molecule has 9 nitrogen and oxygen atoms in total. The first-order valence-corrected chi connectivity index (χ1v) is 13.2. The molecule has 0 atom stereocenters. The van der Waals surface area contributed by atoms with E-state index < -0.39 is 6.09 Å². The first kappa shape index (κ1) is 30.6. The average molecular weight is 553 g/mol. The topological polar surface area (TPSA) is 127 Å². The molecule has 0 aliphatic rings. The van der Waals surface area contributed by atoms with E-state index in [1.54, 1.807) is 12.2 Å². The molecule has 3 rings (SSSR count). The summed E-state index contributed by atoms with van der Waals surface area (Å²) in [6.45, 7) is 3.40. The Labute approximate surface area is 239 Å². The van der Waals surface area contributed by atoms with Gasteiger partial charge in [0, 0.05) is 12.0 Å². The van der Waals surface area contributed by atoms with Crippen LogP contribution < -0.4 is 5.32 Å². The molecule has 0 saturated carbocycles. The lowest BCUT2D eigenvalue weighted by molar-refractivity contribution is 0.0773. The van der Waals surface area contributed by atoms with Gasteiger partial charge in [-0.2, -0.15) is 0 Å². The van der Waals surface area contributed by atoms with Crippen LogP contribution in [-0.4, -0.2) is 30.9 Å². The van der Waals surface area contributed by atoms with Crippen LogP contribution in [0, 0.1) is 5.41 Å². The second-order valence-electron chi connectivity index (χ2n) is 9.81. The number of hydrogen-bond donors (Lipinski definition) is 1. The predicted molar refractivity (Wildman–Crippen MR) is 153 cm³/mol. The van der Waals surface area contributed by atoms with Crippen molar-refractivity contribution < 1.29 is 23.9 Å². The minimum absolute atomic E-state index is 0.201. The first-order chi connectivity index (χ1) is 20.0. The number of alkyl carbamates (subject to hydrolysis) is 1. The normalized spacial score (nSPS) is 11.6. The van der Waals surface area contributed by atoms with Gasteiger partial charge in [0.25, 0.3) is 0 Å². The van der Waals surface area contributed by atoms with Gasteiger partial charge in [-0.1, -0.05) is 79.7 Å². The summed E-state index contributed by atoms with van der Waals surface area (Å²) in [6.07, 6.45) is 6.20. The van der Waals surface area contributed by atoms with Crippen LogP contribution >= 0.6 is 0 Å². The molecule has 0 heterocycles. The van der Waals surface area contributed by atoms with Crippen molar-refractivity contribution in [2.75, 3.05) is 6.61 Å². The van der Waals surface area contributed by atoms with Crippen LogP contribution in [0.25, 0.3) is 0 Å². The lowest BCUT2D eigenvalue weighted by atomic mass is 9.75. The van der Waals surface area contributed by atoms with E-state index in [9.17, 15) is 19.2 Å². The molecule has 3 aromatic rings. The maximum atomic E-state index is 12.7. The largest absolute Gasteiger partial charge is 0.449 e. The van der Waals surface area contributed by atoms with E-state index in [-0.39, 0.29) is 31.7 Å². The number of hydrogen-bond acceptors (Lipinski definition) is 8. The van der Waals surface area contributed by atoms with E-state index in [0.29, 0.717) is 19.4 Å². The van der Waals surface area contributed by atoms with Crippen molar-refractivity contribution in [1.82, 2.24) is 5.32 Å². The average Bonchev–Trinajstić information content (AvgIpc) is 3.01. The molecular formula is C32H32N4O5. The highest BCUT2D eigenvalue weighted by molar-refractivity contribution is 5.67. The van der Waals surface area contributed by atoms with Crippen molar-refractivity contribution in [3.8, 4) is 0 Å². The minimum Gasteiger partial charge on any atom is -0.449 e. The summed E-state index contributed by atoms with van der Waals surface area (Å²) >= 11 is 0. The van der Waals surface area contributed by atoms with Crippen LogP contribution in [-0.2, 0) is 58.1 Å². The number of aliphatic imine (C=N–C) groups is 3. The molecule has 9 heteroatoms. The second-order valence-corrected chi connectivity index (χ2v) is 9.81. The van der Waals surface area contributed by atoms with Crippen molar-refractivity contribution in [3.63, 3.8) is 0 Å². The number of isocyanates is 3. The lowest BCUT2D eigenvalue weighted by Crippen LogP contribution is -2.35. The Kier molecular flexibility index (Phi) is 12.1. The zero-order valence-corrected chi connectivity index (χ0v) is 23.0. The Morgan fingerprint density at radius 3 is 1.39 bits per heavy atom. The molecule has 0 aromatic heterocycles. The SMILES string of the molecule is CCC(COC(=O)NCc1ccc(CN=C=O)cc1)(Cc1ccc(CN=C=O)cc1)Cc1ccc(CN=C=O)cc1. The van der Waals surface area contributed by atoms with Gasteiger partial charge >= 0.3 is 6.09 Å². The molecule has 0 aliphatic heterocycles.